The summed E-state index contributed by atoms with van der Waals surface area (Å²) >= 11 is 0. The van der Waals surface area contributed by atoms with Crippen molar-refractivity contribution in [2.24, 2.45) is 11.7 Å². The Kier molecular flexibility index (Phi) is 2.42. The minimum Gasteiger partial charge on any atom is -0.319 e. The van der Waals surface area contributed by atoms with Gasteiger partial charge in [-0.1, -0.05) is 19.1 Å². The summed E-state index contributed by atoms with van der Waals surface area (Å²) in [5, 5.41) is 13.6. The molecule has 0 saturated heterocycles. The first-order valence-corrected chi connectivity index (χ1v) is 4.05. The molecule has 0 bridgehead atoms. The van der Waals surface area contributed by atoms with Gasteiger partial charge in [0.25, 0.3) is 0 Å². The second kappa shape index (κ2) is 3.18. The Bertz CT molecular complexity index is 226. The van der Waals surface area contributed by atoms with Gasteiger partial charge in [0.1, 0.15) is 0 Å². The molecule has 5 nitrogen and oxygen atoms in total. The molecule has 3 N–H and O–H groups in total. The topological polar surface area (TPSA) is 80.5 Å². The average Bonchev–Trinajstić information content (AvgIpc) is 2.32. The van der Waals surface area contributed by atoms with Gasteiger partial charge in [0.05, 0.1) is 5.54 Å². The van der Waals surface area contributed by atoms with Gasteiger partial charge >= 0.3 is 0 Å². The van der Waals surface area contributed by atoms with E-state index in [0.29, 0.717) is 11.7 Å². The summed E-state index contributed by atoms with van der Waals surface area (Å²) < 4.78 is 0. The third kappa shape index (κ3) is 2.01. The first-order valence-electron chi connectivity index (χ1n) is 4.05. The van der Waals surface area contributed by atoms with Crippen molar-refractivity contribution in [1.29, 1.82) is 0 Å². The molecule has 1 unspecified atom stereocenters. The molecule has 0 aliphatic rings. The highest BCUT2D eigenvalue weighted by Gasteiger charge is 2.26. The smallest absolute Gasteiger partial charge is 0.194 e. The summed E-state index contributed by atoms with van der Waals surface area (Å²) in [6.45, 7) is 6.15. The fourth-order valence-corrected chi connectivity index (χ4v) is 1.34. The minimum atomic E-state index is -0.471. The normalized spacial score (nSPS) is 16.4. The maximum absolute atomic E-state index is 6.00. The predicted octanol–water partition coefficient (Wildman–Crippen LogP) is 0.420. The van der Waals surface area contributed by atoms with E-state index in [0.717, 1.165) is 6.42 Å². The van der Waals surface area contributed by atoms with Crippen molar-refractivity contribution in [3.05, 3.63) is 5.82 Å². The van der Waals surface area contributed by atoms with Crippen LogP contribution >= 0.6 is 0 Å². The van der Waals surface area contributed by atoms with Crippen LogP contribution in [0.3, 0.4) is 0 Å². The van der Waals surface area contributed by atoms with Crippen LogP contribution in [-0.2, 0) is 5.54 Å². The SMILES string of the molecule is CC(C)CC(C)(N)c1nn[nH]n1. The van der Waals surface area contributed by atoms with Crippen molar-refractivity contribution in [2.75, 3.05) is 0 Å². The first kappa shape index (κ1) is 9.12. The molecular weight excluding hydrogens is 154 g/mol. The van der Waals surface area contributed by atoms with Crippen LogP contribution in [0.5, 0.6) is 0 Å². The van der Waals surface area contributed by atoms with Crippen molar-refractivity contribution in [2.45, 2.75) is 32.7 Å². The van der Waals surface area contributed by atoms with E-state index >= 15 is 0 Å². The van der Waals surface area contributed by atoms with Crippen LogP contribution in [0.1, 0.15) is 33.0 Å². The monoisotopic (exact) mass is 169 g/mol. The lowest BCUT2D eigenvalue weighted by molar-refractivity contribution is 0.362. The maximum Gasteiger partial charge on any atom is 0.194 e. The zero-order chi connectivity index (χ0) is 9.19. The molecule has 1 heterocycles. The number of tetrazole rings is 1. The van der Waals surface area contributed by atoms with Gasteiger partial charge in [0.15, 0.2) is 5.82 Å². The average molecular weight is 169 g/mol. The van der Waals surface area contributed by atoms with Crippen molar-refractivity contribution in [3.63, 3.8) is 0 Å². The number of aromatic nitrogens is 4. The third-order valence-electron chi connectivity index (χ3n) is 1.69. The molecule has 1 rings (SSSR count). The van der Waals surface area contributed by atoms with Gasteiger partial charge in [-0.15, -0.1) is 10.2 Å². The second-order valence-corrected chi connectivity index (χ2v) is 3.75. The van der Waals surface area contributed by atoms with Crippen molar-refractivity contribution < 1.29 is 0 Å². The van der Waals surface area contributed by atoms with E-state index in [1.165, 1.54) is 0 Å². The highest BCUT2D eigenvalue weighted by Crippen LogP contribution is 2.21. The van der Waals surface area contributed by atoms with Gasteiger partial charge in [-0.2, -0.15) is 5.21 Å². The number of nitrogens with two attached hydrogens (primary N) is 1. The molecule has 0 aliphatic heterocycles. The van der Waals surface area contributed by atoms with Gasteiger partial charge in [0, 0.05) is 0 Å². The fraction of sp³-hybridized carbons (Fsp3) is 0.857. The summed E-state index contributed by atoms with van der Waals surface area (Å²) in [6.07, 6.45) is 0.854. The van der Waals surface area contributed by atoms with Crippen LogP contribution in [0.15, 0.2) is 0 Å². The largest absolute Gasteiger partial charge is 0.319 e. The number of aromatic amines is 1. The molecule has 68 valence electrons. The van der Waals surface area contributed by atoms with E-state index in [2.05, 4.69) is 34.5 Å². The number of hydrogen-bond donors (Lipinski definition) is 2. The van der Waals surface area contributed by atoms with Crippen LogP contribution in [0, 0.1) is 5.92 Å². The van der Waals surface area contributed by atoms with Gasteiger partial charge in [0.2, 0.25) is 0 Å². The number of nitrogens with zero attached hydrogens (tertiary/aromatic N) is 3. The number of H-pyrrole nitrogens is 1. The number of nitrogens with one attached hydrogen (secondary N) is 1. The van der Waals surface area contributed by atoms with Crippen molar-refractivity contribution in [3.8, 4) is 0 Å². The lowest BCUT2D eigenvalue weighted by atomic mass is 9.91. The van der Waals surface area contributed by atoms with E-state index < -0.39 is 5.54 Å². The Labute approximate surface area is 71.7 Å². The molecular formula is C7H15N5. The lowest BCUT2D eigenvalue weighted by Gasteiger charge is -2.22. The van der Waals surface area contributed by atoms with Gasteiger partial charge in [-0.25, -0.2) is 0 Å². The van der Waals surface area contributed by atoms with E-state index in [-0.39, 0.29) is 0 Å². The molecule has 0 radical (unpaired) electrons. The third-order valence-corrected chi connectivity index (χ3v) is 1.69. The first-order chi connectivity index (χ1) is 5.52. The second-order valence-electron chi connectivity index (χ2n) is 3.75. The lowest BCUT2D eigenvalue weighted by Crippen LogP contribution is -2.35. The Balaban J connectivity index is 2.72. The summed E-state index contributed by atoms with van der Waals surface area (Å²) in [6, 6.07) is 0. The Morgan fingerprint density at radius 3 is 2.67 bits per heavy atom. The van der Waals surface area contributed by atoms with Crippen LogP contribution < -0.4 is 5.73 Å². The molecule has 0 aliphatic carbocycles. The highest BCUT2D eigenvalue weighted by atomic mass is 15.5. The van der Waals surface area contributed by atoms with Crippen molar-refractivity contribution in [1.82, 2.24) is 20.6 Å². The predicted molar refractivity (Wildman–Crippen MR) is 45.2 cm³/mol. The van der Waals surface area contributed by atoms with E-state index in [1.54, 1.807) is 0 Å². The molecule has 0 saturated carbocycles. The molecule has 1 aromatic heterocycles. The minimum absolute atomic E-state index is 0.471. The Hall–Kier alpha value is -0.970. The van der Waals surface area contributed by atoms with Gasteiger partial charge in [-0.05, 0) is 19.3 Å². The quantitative estimate of drug-likeness (QED) is 0.687. The van der Waals surface area contributed by atoms with Crippen LogP contribution in [0.4, 0.5) is 0 Å². The van der Waals surface area contributed by atoms with Crippen LogP contribution in [0.25, 0.3) is 0 Å². The highest BCUT2D eigenvalue weighted by molar-refractivity contribution is 4.98. The molecule has 1 aromatic rings. The van der Waals surface area contributed by atoms with Crippen molar-refractivity contribution >= 4 is 0 Å². The molecule has 0 amide bonds. The standard InChI is InChI=1S/C7H15N5/c1-5(2)4-7(3,8)6-9-11-12-10-6/h5H,4,8H2,1-3H3,(H,9,10,11,12). The zero-order valence-corrected chi connectivity index (χ0v) is 7.70. The summed E-state index contributed by atoms with van der Waals surface area (Å²) in [7, 11) is 0. The summed E-state index contributed by atoms with van der Waals surface area (Å²) in [5.74, 6) is 1.11. The molecule has 1 atom stereocenters. The fourth-order valence-electron chi connectivity index (χ4n) is 1.34. The number of rotatable bonds is 3. The zero-order valence-electron chi connectivity index (χ0n) is 7.70. The maximum atomic E-state index is 6.00. The molecule has 0 fully saturated rings. The van der Waals surface area contributed by atoms with E-state index in [9.17, 15) is 0 Å². The van der Waals surface area contributed by atoms with E-state index in [1.807, 2.05) is 6.92 Å². The Morgan fingerprint density at radius 1 is 1.58 bits per heavy atom. The molecule has 5 heteroatoms. The van der Waals surface area contributed by atoms with Gasteiger partial charge < -0.3 is 5.73 Å². The molecule has 12 heavy (non-hydrogen) atoms. The Morgan fingerprint density at radius 2 is 2.25 bits per heavy atom. The number of hydrogen-bond acceptors (Lipinski definition) is 4. The molecule has 0 spiro atoms. The summed E-state index contributed by atoms with van der Waals surface area (Å²) in [5.41, 5.74) is 5.53. The molecule has 0 aromatic carbocycles. The van der Waals surface area contributed by atoms with Gasteiger partial charge in [-0.3, -0.25) is 0 Å². The summed E-state index contributed by atoms with van der Waals surface area (Å²) in [4.78, 5) is 0. The van der Waals surface area contributed by atoms with E-state index in [4.69, 9.17) is 5.73 Å². The van der Waals surface area contributed by atoms with Crippen LogP contribution in [-0.4, -0.2) is 20.6 Å². The van der Waals surface area contributed by atoms with Crippen LogP contribution in [0.2, 0.25) is 0 Å².